The molecule has 4 nitrogen and oxygen atoms in total. The summed E-state index contributed by atoms with van der Waals surface area (Å²) in [4.78, 5) is 38.4. The average molecular weight is 765 g/mol. The summed E-state index contributed by atoms with van der Waals surface area (Å²) in [5.41, 5.74) is -2.91. The minimum atomic E-state index is -5.02. The van der Waals surface area contributed by atoms with E-state index in [1.165, 1.54) is 12.1 Å². The van der Waals surface area contributed by atoms with Gasteiger partial charge in [0, 0.05) is 41.3 Å². The molecule has 0 bridgehead atoms. The van der Waals surface area contributed by atoms with E-state index in [-0.39, 0.29) is 27.4 Å². The van der Waals surface area contributed by atoms with E-state index in [1.807, 2.05) is 0 Å². The number of Topliss-reactive ketones (excluding diaryl/α,β-unsaturated/α-hetero) is 2. The molecule has 0 aromatic heterocycles. The van der Waals surface area contributed by atoms with E-state index in [2.05, 4.69) is 5.32 Å². The molecular weight excluding hydrogens is 744 g/mol. The number of amides is 1. The molecule has 0 spiro atoms. The van der Waals surface area contributed by atoms with Gasteiger partial charge in [0.05, 0.1) is 28.7 Å². The molecule has 1 amide bonds. The van der Waals surface area contributed by atoms with Gasteiger partial charge in [0.15, 0.2) is 5.78 Å². The number of alkyl halides is 8. The van der Waals surface area contributed by atoms with E-state index >= 15 is 4.39 Å². The summed E-state index contributed by atoms with van der Waals surface area (Å²) < 4.78 is 118. The molecule has 258 valence electrons. The highest BCUT2D eigenvalue weighted by Crippen LogP contribution is 2.65. The fourth-order valence-electron chi connectivity index (χ4n) is 4.89. The number of benzene rings is 3. The second-order valence-electron chi connectivity index (χ2n) is 10.8. The van der Waals surface area contributed by atoms with E-state index in [4.69, 9.17) is 34.8 Å². The number of halogens is 12. The van der Waals surface area contributed by atoms with Crippen LogP contribution in [-0.4, -0.2) is 39.5 Å². The summed E-state index contributed by atoms with van der Waals surface area (Å²) in [6.45, 7) is 0. The quantitative estimate of drug-likeness (QED) is 0.0865. The Kier molecular flexibility index (Phi) is 11.4. The number of thioether (sulfide) groups is 1. The van der Waals surface area contributed by atoms with Crippen molar-refractivity contribution in [2.45, 2.75) is 41.9 Å². The summed E-state index contributed by atoms with van der Waals surface area (Å²) >= 11 is 19.3. The van der Waals surface area contributed by atoms with Crippen molar-refractivity contribution >= 4 is 69.7 Å². The largest absolute Gasteiger partial charge is 0.419 e. The zero-order valence-electron chi connectivity index (χ0n) is 24.0. The van der Waals surface area contributed by atoms with Crippen LogP contribution in [0.4, 0.5) is 45.2 Å². The van der Waals surface area contributed by atoms with Crippen molar-refractivity contribution in [2.24, 2.45) is 5.92 Å². The molecule has 0 radical (unpaired) electrons. The van der Waals surface area contributed by atoms with Gasteiger partial charge in [-0.3, -0.25) is 14.4 Å². The van der Waals surface area contributed by atoms with E-state index in [9.17, 15) is 49.5 Å². The van der Waals surface area contributed by atoms with Crippen LogP contribution in [0.5, 0.6) is 0 Å². The van der Waals surface area contributed by atoms with Crippen molar-refractivity contribution in [1.82, 2.24) is 0 Å². The predicted molar refractivity (Wildman–Crippen MR) is 163 cm³/mol. The monoisotopic (exact) mass is 763 g/mol. The highest BCUT2D eigenvalue weighted by molar-refractivity contribution is 7.99. The van der Waals surface area contributed by atoms with Gasteiger partial charge in [-0.05, 0) is 47.5 Å². The molecule has 3 aromatic carbocycles. The normalized spacial score (nSPS) is 17.2. The first-order valence-electron chi connectivity index (χ1n) is 13.7. The van der Waals surface area contributed by atoms with Gasteiger partial charge in [-0.25, -0.2) is 13.2 Å². The maximum Gasteiger partial charge on any atom is 0.419 e. The van der Waals surface area contributed by atoms with Gasteiger partial charge in [-0.1, -0.05) is 23.7 Å². The fraction of sp³-hybridized carbons (Fsp3) is 0.323. The van der Waals surface area contributed by atoms with E-state index in [1.54, 1.807) is 0 Å². The van der Waals surface area contributed by atoms with Gasteiger partial charge < -0.3 is 5.32 Å². The van der Waals surface area contributed by atoms with Crippen molar-refractivity contribution in [2.75, 3.05) is 16.8 Å². The van der Waals surface area contributed by atoms with Crippen molar-refractivity contribution < 1.29 is 53.9 Å². The maximum absolute atomic E-state index is 15.2. The Morgan fingerprint density at radius 3 is 2.19 bits per heavy atom. The predicted octanol–water partition coefficient (Wildman–Crippen LogP) is 9.52. The van der Waals surface area contributed by atoms with Gasteiger partial charge in [0.1, 0.15) is 27.6 Å². The van der Waals surface area contributed by atoms with Crippen LogP contribution in [0.3, 0.4) is 0 Å². The Labute approximate surface area is 286 Å². The van der Waals surface area contributed by atoms with Crippen molar-refractivity contribution in [3.63, 3.8) is 0 Å². The molecule has 1 N–H and O–H groups in total. The summed E-state index contributed by atoms with van der Waals surface area (Å²) in [6, 6.07) is 7.56. The average Bonchev–Trinajstić information content (AvgIpc) is 3.56. The Hall–Kier alpha value is -2.94. The zero-order chi connectivity index (χ0) is 35.8. The summed E-state index contributed by atoms with van der Waals surface area (Å²) in [5.74, 6) is -9.44. The van der Waals surface area contributed by atoms with Crippen molar-refractivity contribution in [3.8, 4) is 0 Å². The first-order valence-corrected chi connectivity index (χ1v) is 16.0. The van der Waals surface area contributed by atoms with Crippen LogP contribution in [0.2, 0.25) is 5.02 Å². The Bertz CT molecular complexity index is 1750. The molecule has 4 rings (SSSR count). The first kappa shape index (κ1) is 37.9. The number of anilines is 1. The third-order valence-corrected chi connectivity index (χ3v) is 9.60. The molecule has 0 heterocycles. The molecule has 48 heavy (non-hydrogen) atoms. The Morgan fingerprint density at radius 1 is 0.875 bits per heavy atom. The van der Waals surface area contributed by atoms with Crippen LogP contribution >= 0.6 is 46.6 Å². The highest BCUT2D eigenvalue weighted by Gasteiger charge is 2.67. The Balaban J connectivity index is 1.45. The minimum absolute atomic E-state index is 0.0218. The minimum Gasteiger partial charge on any atom is -0.326 e. The van der Waals surface area contributed by atoms with Crippen LogP contribution < -0.4 is 5.32 Å². The van der Waals surface area contributed by atoms with Crippen LogP contribution in [0.15, 0.2) is 48.5 Å². The molecule has 1 fully saturated rings. The molecule has 1 aliphatic rings. The number of carbonyl (C=O) groups excluding carboxylic acids is 3. The molecule has 0 unspecified atom stereocenters. The third kappa shape index (κ3) is 8.99. The smallest absolute Gasteiger partial charge is 0.326 e. The lowest BCUT2D eigenvalue weighted by Gasteiger charge is -2.12. The van der Waals surface area contributed by atoms with Crippen molar-refractivity contribution in [1.29, 1.82) is 0 Å². The lowest BCUT2D eigenvalue weighted by molar-refractivity contribution is -0.140. The molecule has 3 aromatic rings. The van der Waals surface area contributed by atoms with Gasteiger partial charge in [0.2, 0.25) is 5.91 Å². The molecule has 1 aliphatic carbocycles. The first-order chi connectivity index (χ1) is 22.2. The molecule has 2 atom stereocenters. The number of ketones is 2. The van der Waals surface area contributed by atoms with E-state index in [0.29, 0.717) is 23.9 Å². The molecular formula is C31H21Cl3F9NO3S. The maximum atomic E-state index is 15.2. The number of nitrogens with one attached hydrogen (secondary N) is 1. The second kappa shape index (κ2) is 14.5. The van der Waals surface area contributed by atoms with Crippen LogP contribution in [0.25, 0.3) is 0 Å². The van der Waals surface area contributed by atoms with E-state index < -0.39 is 105 Å². The lowest BCUT2D eigenvalue weighted by atomic mass is 9.98. The number of carbonyl (C=O) groups is 3. The van der Waals surface area contributed by atoms with Crippen molar-refractivity contribution in [3.05, 3.63) is 98.8 Å². The summed E-state index contributed by atoms with van der Waals surface area (Å²) in [7, 11) is 0. The second-order valence-corrected chi connectivity index (χ2v) is 13.7. The Morgan fingerprint density at radius 2 is 1.54 bits per heavy atom. The van der Waals surface area contributed by atoms with Gasteiger partial charge in [0.25, 0.3) is 0 Å². The topological polar surface area (TPSA) is 63.2 Å². The highest BCUT2D eigenvalue weighted by atomic mass is 35.5. The standard InChI is InChI=1S/C31H21Cl3F9NO3S/c32-21-4-3-16(44-28(47)26-25(30(26,33)34)14-1-6-23(36)20(9-14)31(41,42)43)11-18(21)24(46)10-15-2-5-22(35)19(27(15)37)12-17(45)13-48-8-7-29(38,39)40/h1-6,9,11,25-26H,7-8,10,12-13H2,(H,44,47)/t25-,26+/m0/s1. The van der Waals surface area contributed by atoms with Gasteiger partial charge in [-0.2, -0.15) is 38.1 Å². The zero-order valence-corrected chi connectivity index (χ0v) is 27.1. The number of hydrogen-bond donors (Lipinski definition) is 1. The van der Waals surface area contributed by atoms with Crippen LogP contribution in [-0.2, 0) is 28.6 Å². The summed E-state index contributed by atoms with van der Waals surface area (Å²) in [5, 5.41) is 2.32. The van der Waals surface area contributed by atoms with Gasteiger partial charge >= 0.3 is 12.4 Å². The lowest BCUT2D eigenvalue weighted by Crippen LogP contribution is -2.18. The molecule has 1 saturated carbocycles. The molecule has 17 heteroatoms. The number of hydrogen-bond acceptors (Lipinski definition) is 4. The SMILES string of the molecule is O=C(CSCCC(F)(F)F)Cc1c(F)ccc(CC(=O)c2cc(NC(=O)[C@H]3[C@H](c4ccc(F)c(C(F)(F)F)c4)C3(Cl)Cl)ccc2Cl)c1F. The van der Waals surface area contributed by atoms with E-state index in [0.717, 1.165) is 24.3 Å². The van der Waals surface area contributed by atoms with Gasteiger partial charge in [-0.15, -0.1) is 23.2 Å². The summed E-state index contributed by atoms with van der Waals surface area (Å²) in [6.07, 6.45) is -12.0. The fourth-order valence-corrected chi connectivity index (χ4v) is 6.79. The van der Waals surface area contributed by atoms with Crippen LogP contribution in [0, 0.1) is 23.4 Å². The number of rotatable bonds is 12. The molecule has 0 aliphatic heterocycles. The third-order valence-electron chi connectivity index (χ3n) is 7.31. The molecule has 0 saturated heterocycles. The van der Waals surface area contributed by atoms with Crippen LogP contribution in [0.1, 0.15) is 45.0 Å².